The predicted molar refractivity (Wildman–Crippen MR) is 119 cm³/mol. The zero-order chi connectivity index (χ0) is 21.1. The second-order valence-electron chi connectivity index (χ2n) is 6.39. The summed E-state index contributed by atoms with van der Waals surface area (Å²) >= 11 is 6.48. The van der Waals surface area contributed by atoms with Gasteiger partial charge in [0.2, 0.25) is 12.7 Å². The predicted octanol–water partition coefficient (Wildman–Crippen LogP) is 3.65. The third-order valence-corrected chi connectivity index (χ3v) is 5.70. The van der Waals surface area contributed by atoms with Gasteiger partial charge in [-0.2, -0.15) is 0 Å². The number of hydrogen-bond acceptors (Lipinski definition) is 7. The zero-order valence-electron chi connectivity index (χ0n) is 16.0. The van der Waals surface area contributed by atoms with Gasteiger partial charge in [0, 0.05) is 11.8 Å². The van der Waals surface area contributed by atoms with Crippen LogP contribution in [0.25, 0.3) is 6.08 Å². The van der Waals surface area contributed by atoms with E-state index in [-0.39, 0.29) is 25.2 Å². The molecular weight excluding hydrogens is 424 g/mol. The van der Waals surface area contributed by atoms with Crippen LogP contribution in [-0.2, 0) is 9.59 Å². The average Bonchev–Trinajstić information content (AvgIpc) is 3.29. The van der Waals surface area contributed by atoms with E-state index in [1.807, 2.05) is 31.2 Å². The van der Waals surface area contributed by atoms with Crippen molar-refractivity contribution in [2.24, 2.45) is 0 Å². The second-order valence-corrected chi connectivity index (χ2v) is 8.06. The third kappa shape index (κ3) is 4.42. The number of amides is 2. The van der Waals surface area contributed by atoms with Crippen molar-refractivity contribution >= 4 is 51.9 Å². The molecule has 0 aliphatic carbocycles. The summed E-state index contributed by atoms with van der Waals surface area (Å²) < 4.78 is 16.3. The van der Waals surface area contributed by atoms with Crippen LogP contribution in [-0.4, -0.2) is 41.0 Å². The van der Waals surface area contributed by atoms with Gasteiger partial charge in [-0.1, -0.05) is 36.1 Å². The summed E-state index contributed by atoms with van der Waals surface area (Å²) in [7, 11) is 0. The molecule has 2 aliphatic rings. The van der Waals surface area contributed by atoms with Gasteiger partial charge < -0.3 is 19.5 Å². The van der Waals surface area contributed by atoms with Gasteiger partial charge in [-0.25, -0.2) is 0 Å². The summed E-state index contributed by atoms with van der Waals surface area (Å²) in [6.45, 7) is 2.50. The van der Waals surface area contributed by atoms with Crippen LogP contribution in [0.4, 0.5) is 5.69 Å². The fourth-order valence-electron chi connectivity index (χ4n) is 2.93. The molecular formula is C21H18N2O5S2. The minimum Gasteiger partial charge on any atom is -0.494 e. The molecule has 0 bridgehead atoms. The number of fused-ring (bicyclic) bond motifs is 1. The Kier molecular flexibility index (Phi) is 5.91. The maximum atomic E-state index is 12.7. The summed E-state index contributed by atoms with van der Waals surface area (Å²) in [5.41, 5.74) is 1.41. The lowest BCUT2D eigenvalue weighted by Crippen LogP contribution is -2.36. The second kappa shape index (κ2) is 8.76. The quantitative estimate of drug-likeness (QED) is 0.540. The number of thioether (sulfide) groups is 1. The molecule has 1 fully saturated rings. The van der Waals surface area contributed by atoms with Gasteiger partial charge in [0.15, 0.2) is 11.5 Å². The van der Waals surface area contributed by atoms with Crippen LogP contribution < -0.4 is 19.5 Å². The molecule has 30 heavy (non-hydrogen) atoms. The first kappa shape index (κ1) is 20.2. The van der Waals surface area contributed by atoms with Gasteiger partial charge >= 0.3 is 0 Å². The highest BCUT2D eigenvalue weighted by molar-refractivity contribution is 8.26. The molecule has 2 amide bonds. The molecule has 2 aliphatic heterocycles. The molecule has 0 radical (unpaired) electrons. The molecule has 9 heteroatoms. The average molecular weight is 443 g/mol. The van der Waals surface area contributed by atoms with Gasteiger partial charge in [0.1, 0.15) is 16.6 Å². The lowest BCUT2D eigenvalue weighted by molar-refractivity contribution is -0.126. The minimum atomic E-state index is -0.354. The highest BCUT2D eigenvalue weighted by Crippen LogP contribution is 2.35. The number of nitrogens with one attached hydrogen (secondary N) is 1. The van der Waals surface area contributed by atoms with Crippen LogP contribution in [0.2, 0.25) is 0 Å². The highest BCUT2D eigenvalue weighted by Gasteiger charge is 2.33. The van der Waals surface area contributed by atoms with Gasteiger partial charge in [-0.05, 0) is 42.8 Å². The Bertz CT molecular complexity index is 1040. The van der Waals surface area contributed by atoms with E-state index >= 15 is 0 Å². The molecule has 0 spiro atoms. The van der Waals surface area contributed by atoms with Crippen LogP contribution in [0.5, 0.6) is 17.2 Å². The summed E-state index contributed by atoms with van der Waals surface area (Å²) in [6, 6.07) is 12.5. The van der Waals surface area contributed by atoms with Crippen LogP contribution in [0.15, 0.2) is 47.4 Å². The van der Waals surface area contributed by atoms with Crippen molar-refractivity contribution in [3.63, 3.8) is 0 Å². The van der Waals surface area contributed by atoms with Crippen molar-refractivity contribution < 1.29 is 23.8 Å². The molecule has 7 nitrogen and oxygen atoms in total. The number of thiocarbonyl (C=S) groups is 1. The number of rotatable bonds is 6. The monoisotopic (exact) mass is 442 g/mol. The maximum absolute atomic E-state index is 12.7. The van der Waals surface area contributed by atoms with Crippen LogP contribution in [0, 0.1) is 0 Å². The van der Waals surface area contributed by atoms with Crippen molar-refractivity contribution in [3.8, 4) is 17.2 Å². The number of anilines is 1. The molecule has 0 aromatic heterocycles. The summed E-state index contributed by atoms with van der Waals surface area (Å²) in [5, 5.41) is 2.75. The molecule has 2 aromatic rings. The molecule has 0 saturated carbocycles. The fourth-order valence-corrected chi connectivity index (χ4v) is 4.19. The fraction of sp³-hybridized carbons (Fsp3) is 0.190. The Morgan fingerprint density at radius 2 is 2.00 bits per heavy atom. The number of benzene rings is 2. The van der Waals surface area contributed by atoms with Crippen molar-refractivity contribution in [3.05, 3.63) is 52.9 Å². The van der Waals surface area contributed by atoms with Crippen LogP contribution in [0.1, 0.15) is 12.5 Å². The Balaban J connectivity index is 1.40. The summed E-state index contributed by atoms with van der Waals surface area (Å²) in [4.78, 5) is 27.0. The first-order chi connectivity index (χ1) is 14.5. The van der Waals surface area contributed by atoms with Gasteiger partial charge in [-0.15, -0.1) is 0 Å². The van der Waals surface area contributed by atoms with Gasteiger partial charge in [-0.3, -0.25) is 14.5 Å². The number of carbonyl (C=O) groups is 2. The smallest absolute Gasteiger partial charge is 0.266 e. The van der Waals surface area contributed by atoms with Crippen LogP contribution in [0.3, 0.4) is 0 Å². The van der Waals surface area contributed by atoms with E-state index in [1.54, 1.807) is 24.3 Å². The van der Waals surface area contributed by atoms with E-state index in [9.17, 15) is 9.59 Å². The Labute approximate surface area is 183 Å². The Morgan fingerprint density at radius 3 is 2.77 bits per heavy atom. The Hall–Kier alpha value is -3.04. The number of hydrogen-bond donors (Lipinski definition) is 1. The van der Waals surface area contributed by atoms with E-state index in [1.165, 1.54) is 16.7 Å². The van der Waals surface area contributed by atoms with Crippen molar-refractivity contribution in [2.75, 3.05) is 25.3 Å². The first-order valence-electron chi connectivity index (χ1n) is 9.21. The van der Waals surface area contributed by atoms with Gasteiger partial charge in [0.05, 0.1) is 11.5 Å². The topological polar surface area (TPSA) is 77.1 Å². The molecule has 1 N–H and O–H groups in total. The molecule has 154 valence electrons. The van der Waals surface area contributed by atoms with E-state index in [2.05, 4.69) is 5.32 Å². The normalized spacial score (nSPS) is 16.3. The van der Waals surface area contributed by atoms with Crippen molar-refractivity contribution in [2.45, 2.75) is 6.92 Å². The van der Waals surface area contributed by atoms with E-state index in [0.29, 0.717) is 33.0 Å². The maximum Gasteiger partial charge on any atom is 0.266 e. The minimum absolute atomic E-state index is 0.157. The summed E-state index contributed by atoms with van der Waals surface area (Å²) in [5.74, 6) is 1.32. The molecule has 0 atom stereocenters. The Morgan fingerprint density at radius 1 is 1.23 bits per heavy atom. The van der Waals surface area contributed by atoms with Crippen molar-refractivity contribution in [1.82, 2.24) is 4.90 Å². The molecule has 1 saturated heterocycles. The SMILES string of the molecule is CCOc1ccc(/C=C2\SC(=S)N(CC(=O)Nc3ccc4c(c3)OCO4)C2=O)cc1. The number of ether oxygens (including phenoxy) is 3. The summed E-state index contributed by atoms with van der Waals surface area (Å²) in [6.07, 6.45) is 1.75. The lowest BCUT2D eigenvalue weighted by atomic mass is 10.2. The number of carbonyl (C=O) groups excluding carboxylic acids is 2. The largest absolute Gasteiger partial charge is 0.494 e. The zero-order valence-corrected chi connectivity index (χ0v) is 17.7. The first-order valence-corrected chi connectivity index (χ1v) is 10.4. The van der Waals surface area contributed by atoms with E-state index < -0.39 is 0 Å². The number of nitrogens with zero attached hydrogens (tertiary/aromatic N) is 1. The van der Waals surface area contributed by atoms with E-state index in [0.717, 1.165) is 11.3 Å². The lowest BCUT2D eigenvalue weighted by Gasteiger charge is -2.14. The molecule has 2 heterocycles. The van der Waals surface area contributed by atoms with E-state index in [4.69, 9.17) is 26.4 Å². The molecule has 4 rings (SSSR count). The molecule has 2 aromatic carbocycles. The van der Waals surface area contributed by atoms with Gasteiger partial charge in [0.25, 0.3) is 5.91 Å². The van der Waals surface area contributed by atoms with Crippen molar-refractivity contribution in [1.29, 1.82) is 0 Å². The molecule has 0 unspecified atom stereocenters. The van der Waals surface area contributed by atoms with Crippen LogP contribution >= 0.6 is 24.0 Å². The highest BCUT2D eigenvalue weighted by atomic mass is 32.2. The standard InChI is InChI=1S/C21H18N2O5S2/c1-2-26-15-6-3-13(4-7-15)9-18-20(25)23(21(29)30-18)11-19(24)22-14-5-8-16-17(10-14)28-12-27-16/h3-10H,2,11-12H2,1H3,(H,22,24)/b18-9-. The third-order valence-electron chi connectivity index (χ3n) is 4.32.